The van der Waals surface area contributed by atoms with Gasteiger partial charge in [-0.25, -0.2) is 8.78 Å². The van der Waals surface area contributed by atoms with Crippen molar-refractivity contribution < 1.29 is 8.78 Å². The Bertz CT molecular complexity index is 451. The van der Waals surface area contributed by atoms with Crippen LogP contribution in [0.3, 0.4) is 0 Å². The van der Waals surface area contributed by atoms with Gasteiger partial charge in [-0.15, -0.1) is 0 Å². The van der Waals surface area contributed by atoms with E-state index >= 15 is 0 Å². The molecule has 2 atom stereocenters. The number of hydrogen-bond acceptors (Lipinski definition) is 3. The molecule has 2 rings (SSSR count). The molecule has 1 aromatic carbocycles. The molecule has 1 aliphatic rings. The maximum Gasteiger partial charge on any atom is 0.163 e. The number of hydrogen-bond donors (Lipinski definition) is 1. The predicted molar refractivity (Wildman–Crippen MR) is 76.4 cm³/mol. The van der Waals surface area contributed by atoms with Gasteiger partial charge in [-0.2, -0.15) is 0 Å². The second kappa shape index (κ2) is 6.61. The van der Waals surface area contributed by atoms with Crippen molar-refractivity contribution in [2.24, 2.45) is 5.73 Å². The van der Waals surface area contributed by atoms with Crippen molar-refractivity contribution in [1.29, 1.82) is 0 Å². The van der Waals surface area contributed by atoms with Crippen molar-refractivity contribution in [2.75, 3.05) is 33.7 Å². The lowest BCUT2D eigenvalue weighted by atomic mass is 10.0. The largest absolute Gasteiger partial charge is 0.324 e. The third kappa shape index (κ3) is 3.53. The Morgan fingerprint density at radius 3 is 2.80 bits per heavy atom. The van der Waals surface area contributed by atoms with Gasteiger partial charge in [-0.1, -0.05) is 12.1 Å². The zero-order chi connectivity index (χ0) is 14.7. The highest BCUT2D eigenvalue weighted by molar-refractivity contribution is 5.22. The maximum atomic E-state index is 13.6. The lowest BCUT2D eigenvalue weighted by molar-refractivity contribution is 0.263. The molecule has 0 aromatic heterocycles. The number of nitrogens with two attached hydrogens (primary N) is 1. The average molecular weight is 283 g/mol. The van der Waals surface area contributed by atoms with Crippen LogP contribution in [0.1, 0.15) is 24.4 Å². The van der Waals surface area contributed by atoms with Gasteiger partial charge in [0.15, 0.2) is 11.6 Å². The first kappa shape index (κ1) is 15.4. The minimum atomic E-state index is -0.827. The second-order valence-electron chi connectivity index (χ2n) is 5.74. The minimum absolute atomic E-state index is 0.272. The topological polar surface area (TPSA) is 32.5 Å². The zero-order valence-electron chi connectivity index (χ0n) is 12.1. The molecule has 1 aromatic rings. The molecule has 0 radical (unpaired) electrons. The fourth-order valence-corrected chi connectivity index (χ4v) is 2.72. The molecule has 112 valence electrons. The molecular formula is C15H23F2N3. The molecule has 1 heterocycles. The van der Waals surface area contributed by atoms with Gasteiger partial charge in [0.1, 0.15) is 0 Å². The summed E-state index contributed by atoms with van der Waals surface area (Å²) in [5.41, 5.74) is 6.27. The summed E-state index contributed by atoms with van der Waals surface area (Å²) in [5, 5.41) is 0. The van der Waals surface area contributed by atoms with Gasteiger partial charge in [0.2, 0.25) is 0 Å². The summed E-state index contributed by atoms with van der Waals surface area (Å²) in [7, 11) is 4.17. The number of likely N-dealkylation sites (tertiary alicyclic amines) is 1. The number of likely N-dealkylation sites (N-methyl/N-ethyl adjacent to an activating group) is 1. The molecule has 0 aliphatic carbocycles. The van der Waals surface area contributed by atoms with Crippen LogP contribution in [-0.4, -0.2) is 49.6 Å². The van der Waals surface area contributed by atoms with Crippen molar-refractivity contribution in [3.63, 3.8) is 0 Å². The minimum Gasteiger partial charge on any atom is -0.324 e. The Morgan fingerprint density at radius 2 is 2.15 bits per heavy atom. The van der Waals surface area contributed by atoms with Crippen LogP contribution in [0.2, 0.25) is 0 Å². The standard InChI is InChI=1S/C15H23F2N3/c1-19(2)11-6-8-20(10-11)9-7-14(18)12-4-3-5-13(16)15(12)17/h3-5,11,14H,6-10,18H2,1-2H3. The quantitative estimate of drug-likeness (QED) is 0.897. The Morgan fingerprint density at radius 1 is 1.40 bits per heavy atom. The van der Waals surface area contributed by atoms with Crippen LogP contribution in [0.15, 0.2) is 18.2 Å². The third-order valence-corrected chi connectivity index (χ3v) is 4.12. The van der Waals surface area contributed by atoms with E-state index in [0.29, 0.717) is 12.5 Å². The van der Waals surface area contributed by atoms with E-state index in [0.717, 1.165) is 32.1 Å². The lowest BCUT2D eigenvalue weighted by Gasteiger charge is -2.21. The van der Waals surface area contributed by atoms with Crippen molar-refractivity contribution in [2.45, 2.75) is 24.9 Å². The molecule has 0 spiro atoms. The van der Waals surface area contributed by atoms with E-state index in [1.54, 1.807) is 6.07 Å². The Hall–Kier alpha value is -1.04. The van der Waals surface area contributed by atoms with Crippen molar-refractivity contribution >= 4 is 0 Å². The first-order valence-corrected chi connectivity index (χ1v) is 7.07. The maximum absolute atomic E-state index is 13.6. The average Bonchev–Trinajstić information content (AvgIpc) is 2.88. The van der Waals surface area contributed by atoms with Crippen LogP contribution in [0.25, 0.3) is 0 Å². The van der Waals surface area contributed by atoms with Crippen LogP contribution in [0, 0.1) is 11.6 Å². The number of benzene rings is 1. The van der Waals surface area contributed by atoms with E-state index in [9.17, 15) is 8.78 Å². The fourth-order valence-electron chi connectivity index (χ4n) is 2.72. The van der Waals surface area contributed by atoms with Crippen LogP contribution in [-0.2, 0) is 0 Å². The first-order chi connectivity index (χ1) is 9.49. The van der Waals surface area contributed by atoms with Gasteiger partial charge >= 0.3 is 0 Å². The van der Waals surface area contributed by atoms with Crippen LogP contribution < -0.4 is 5.73 Å². The summed E-state index contributed by atoms with van der Waals surface area (Å²) >= 11 is 0. The first-order valence-electron chi connectivity index (χ1n) is 7.07. The molecule has 1 saturated heterocycles. The van der Waals surface area contributed by atoms with E-state index in [-0.39, 0.29) is 5.56 Å². The smallest absolute Gasteiger partial charge is 0.163 e. The molecule has 3 nitrogen and oxygen atoms in total. The van der Waals surface area contributed by atoms with E-state index in [2.05, 4.69) is 23.9 Å². The Balaban J connectivity index is 1.87. The van der Waals surface area contributed by atoms with Crippen LogP contribution in [0.5, 0.6) is 0 Å². The van der Waals surface area contributed by atoms with Crippen LogP contribution >= 0.6 is 0 Å². The highest BCUT2D eigenvalue weighted by Gasteiger charge is 2.24. The highest BCUT2D eigenvalue weighted by atomic mass is 19.2. The van der Waals surface area contributed by atoms with Gasteiger partial charge in [0.05, 0.1) is 0 Å². The molecule has 2 unspecified atom stereocenters. The monoisotopic (exact) mass is 283 g/mol. The van der Waals surface area contributed by atoms with Gasteiger partial charge in [-0.05, 0) is 39.5 Å². The van der Waals surface area contributed by atoms with Crippen molar-refractivity contribution in [3.8, 4) is 0 Å². The predicted octanol–water partition coefficient (Wildman–Crippen LogP) is 1.99. The zero-order valence-corrected chi connectivity index (χ0v) is 12.1. The molecule has 1 fully saturated rings. The summed E-state index contributed by atoms with van der Waals surface area (Å²) in [5.74, 6) is -1.64. The highest BCUT2D eigenvalue weighted by Crippen LogP contribution is 2.21. The third-order valence-electron chi connectivity index (χ3n) is 4.12. The van der Waals surface area contributed by atoms with Gasteiger partial charge < -0.3 is 15.5 Å². The molecular weight excluding hydrogens is 260 g/mol. The number of rotatable bonds is 5. The summed E-state index contributed by atoms with van der Waals surface area (Å²) in [6.07, 6.45) is 1.79. The molecule has 1 aliphatic heterocycles. The van der Waals surface area contributed by atoms with E-state index in [1.807, 2.05) is 0 Å². The van der Waals surface area contributed by atoms with E-state index in [4.69, 9.17) is 5.73 Å². The Labute approximate surface area is 119 Å². The van der Waals surface area contributed by atoms with E-state index in [1.165, 1.54) is 6.07 Å². The van der Waals surface area contributed by atoms with Crippen molar-refractivity contribution in [1.82, 2.24) is 9.80 Å². The molecule has 20 heavy (non-hydrogen) atoms. The SMILES string of the molecule is CN(C)C1CCN(CCC(N)c2cccc(F)c2F)C1. The van der Waals surface area contributed by atoms with Gasteiger partial charge in [-0.3, -0.25) is 0 Å². The normalized spacial score (nSPS) is 21.6. The molecule has 2 N–H and O–H groups in total. The number of halogens is 2. The number of nitrogens with zero attached hydrogens (tertiary/aromatic N) is 2. The summed E-state index contributed by atoms with van der Waals surface area (Å²) in [6, 6.07) is 4.32. The lowest BCUT2D eigenvalue weighted by Crippen LogP contribution is -2.32. The van der Waals surface area contributed by atoms with Gasteiger partial charge in [0.25, 0.3) is 0 Å². The molecule has 0 saturated carbocycles. The summed E-state index contributed by atoms with van der Waals surface area (Å²) in [6.45, 7) is 2.88. The molecule has 0 bridgehead atoms. The van der Waals surface area contributed by atoms with Crippen LogP contribution in [0.4, 0.5) is 8.78 Å². The fraction of sp³-hybridized carbons (Fsp3) is 0.600. The van der Waals surface area contributed by atoms with Gasteiger partial charge in [0, 0.05) is 30.7 Å². The second-order valence-corrected chi connectivity index (χ2v) is 5.74. The van der Waals surface area contributed by atoms with E-state index < -0.39 is 17.7 Å². The van der Waals surface area contributed by atoms with Crippen molar-refractivity contribution in [3.05, 3.63) is 35.4 Å². The summed E-state index contributed by atoms with van der Waals surface area (Å²) < 4.78 is 26.8. The Kier molecular flexibility index (Phi) is 5.07. The summed E-state index contributed by atoms with van der Waals surface area (Å²) in [4.78, 5) is 4.56. The molecule has 0 amide bonds. The molecule has 5 heteroatoms.